The van der Waals surface area contributed by atoms with E-state index in [1.165, 1.54) is 6.07 Å². The van der Waals surface area contributed by atoms with E-state index in [2.05, 4.69) is 4.74 Å². The molecule has 1 aromatic rings. The van der Waals surface area contributed by atoms with Crippen molar-refractivity contribution in [3.8, 4) is 6.07 Å². The van der Waals surface area contributed by atoms with E-state index < -0.39 is 60.3 Å². The molecule has 1 unspecified atom stereocenters. The van der Waals surface area contributed by atoms with Crippen molar-refractivity contribution in [3.05, 3.63) is 29.3 Å². The summed E-state index contributed by atoms with van der Waals surface area (Å²) in [4.78, 5) is 0.121. The second kappa shape index (κ2) is 6.75. The van der Waals surface area contributed by atoms with Gasteiger partial charge in [-0.2, -0.15) is 44.8 Å². The molecule has 1 saturated heterocycles. The first kappa shape index (κ1) is 21.1. The first-order chi connectivity index (χ1) is 12.2. The van der Waals surface area contributed by atoms with Crippen molar-refractivity contribution >= 4 is 5.69 Å². The molecule has 13 heteroatoms. The molecular formula is C14H9F9N2O2. The van der Waals surface area contributed by atoms with E-state index in [1.54, 1.807) is 0 Å². The summed E-state index contributed by atoms with van der Waals surface area (Å²) in [6, 6.07) is 2.76. The summed E-state index contributed by atoms with van der Waals surface area (Å²) >= 11 is 0. The second-order valence-corrected chi connectivity index (χ2v) is 5.55. The molecule has 1 heterocycles. The van der Waals surface area contributed by atoms with E-state index in [4.69, 9.17) is 10.4 Å². The van der Waals surface area contributed by atoms with Crippen LogP contribution in [0.3, 0.4) is 0 Å². The number of ether oxygens (including phenoxy) is 1. The maximum Gasteiger partial charge on any atom is 0.433 e. The van der Waals surface area contributed by atoms with Crippen LogP contribution >= 0.6 is 0 Å². The predicted octanol–water partition coefficient (Wildman–Crippen LogP) is 3.59. The summed E-state index contributed by atoms with van der Waals surface area (Å²) in [5, 5.41) is 17.8. The van der Waals surface area contributed by atoms with Crippen molar-refractivity contribution in [2.75, 3.05) is 11.4 Å². The highest BCUT2D eigenvalue weighted by Gasteiger charge is 2.56. The maximum atomic E-state index is 13.1. The van der Waals surface area contributed by atoms with Gasteiger partial charge in [-0.05, 0) is 18.2 Å². The van der Waals surface area contributed by atoms with Gasteiger partial charge in [0.1, 0.15) is 6.10 Å². The summed E-state index contributed by atoms with van der Waals surface area (Å²) in [6.45, 7) is -1.17. The van der Waals surface area contributed by atoms with Gasteiger partial charge >= 0.3 is 18.5 Å². The van der Waals surface area contributed by atoms with Gasteiger partial charge in [-0.3, -0.25) is 0 Å². The van der Waals surface area contributed by atoms with Gasteiger partial charge in [-0.1, -0.05) is 0 Å². The Hall–Kier alpha value is -2.20. The Balaban J connectivity index is 2.47. The largest absolute Gasteiger partial charge is 0.433 e. The highest BCUT2D eigenvalue weighted by Crippen LogP contribution is 2.40. The van der Waals surface area contributed by atoms with Crippen LogP contribution in [0.2, 0.25) is 0 Å². The minimum Gasteiger partial charge on any atom is -0.381 e. The number of anilines is 1. The predicted molar refractivity (Wildman–Crippen MR) is 70.3 cm³/mol. The van der Waals surface area contributed by atoms with Gasteiger partial charge in [0.2, 0.25) is 6.23 Å². The number of alkyl halides is 9. The summed E-state index contributed by atoms with van der Waals surface area (Å²) < 4.78 is 120. The molecule has 1 aliphatic heterocycles. The Morgan fingerprint density at radius 3 is 2.15 bits per heavy atom. The average molecular weight is 408 g/mol. The van der Waals surface area contributed by atoms with Crippen LogP contribution in [0.15, 0.2) is 18.2 Å². The Labute approximate surface area is 145 Å². The molecule has 0 aromatic heterocycles. The van der Waals surface area contributed by atoms with E-state index in [1.807, 2.05) is 0 Å². The molecule has 0 bridgehead atoms. The molecule has 150 valence electrons. The minimum atomic E-state index is -5.29. The first-order valence-corrected chi connectivity index (χ1v) is 7.01. The zero-order valence-corrected chi connectivity index (χ0v) is 12.8. The van der Waals surface area contributed by atoms with Crippen LogP contribution in [0.4, 0.5) is 45.2 Å². The topological polar surface area (TPSA) is 56.5 Å². The van der Waals surface area contributed by atoms with Crippen LogP contribution in [0, 0.1) is 11.3 Å². The van der Waals surface area contributed by atoms with E-state index in [0.29, 0.717) is 6.07 Å². The summed E-state index contributed by atoms with van der Waals surface area (Å²) in [5.41, 5.74) is -3.19. The quantitative estimate of drug-likeness (QED) is 0.761. The van der Waals surface area contributed by atoms with Gasteiger partial charge in [0, 0.05) is 12.2 Å². The zero-order valence-electron chi connectivity index (χ0n) is 12.8. The molecular weight excluding hydrogens is 399 g/mol. The fourth-order valence-corrected chi connectivity index (χ4v) is 2.49. The highest BCUT2D eigenvalue weighted by atomic mass is 19.4. The van der Waals surface area contributed by atoms with Gasteiger partial charge in [0.05, 0.1) is 17.2 Å². The Kier molecular flexibility index (Phi) is 5.28. The molecule has 1 aromatic carbocycles. The number of hydrogen-bond donors (Lipinski definition) is 1. The van der Waals surface area contributed by atoms with Crippen molar-refractivity contribution in [2.24, 2.45) is 0 Å². The lowest BCUT2D eigenvalue weighted by atomic mass is 10.1. The molecule has 27 heavy (non-hydrogen) atoms. The molecule has 1 aliphatic rings. The third kappa shape index (κ3) is 4.38. The van der Waals surface area contributed by atoms with Crippen LogP contribution in [-0.4, -0.2) is 42.4 Å². The molecule has 0 aliphatic carbocycles. The van der Waals surface area contributed by atoms with E-state index >= 15 is 0 Å². The normalized spacial score (nSPS) is 22.6. The smallest absolute Gasteiger partial charge is 0.381 e. The summed E-state index contributed by atoms with van der Waals surface area (Å²) in [5.74, 6) is 0. The Bertz CT molecular complexity index is 736. The van der Waals surface area contributed by atoms with Crippen LogP contribution in [0.5, 0.6) is 0 Å². The van der Waals surface area contributed by atoms with E-state index in [0.717, 1.165) is 6.07 Å². The Morgan fingerprint density at radius 1 is 1.11 bits per heavy atom. The first-order valence-electron chi connectivity index (χ1n) is 7.01. The molecule has 0 saturated carbocycles. The lowest BCUT2D eigenvalue weighted by Gasteiger charge is -2.27. The van der Waals surface area contributed by atoms with Gasteiger partial charge in [-0.15, -0.1) is 0 Å². The van der Waals surface area contributed by atoms with Crippen molar-refractivity contribution in [3.63, 3.8) is 0 Å². The van der Waals surface area contributed by atoms with Gasteiger partial charge in [0.25, 0.3) is 0 Å². The van der Waals surface area contributed by atoms with Crippen molar-refractivity contribution in [2.45, 2.75) is 37.0 Å². The third-order valence-electron chi connectivity index (χ3n) is 3.69. The number of benzene rings is 1. The number of nitrogens with zero attached hydrogens (tertiary/aromatic N) is 2. The van der Waals surface area contributed by atoms with Gasteiger partial charge in [0.15, 0.2) is 6.10 Å². The maximum absolute atomic E-state index is 13.1. The molecule has 1 fully saturated rings. The van der Waals surface area contributed by atoms with Crippen LogP contribution in [-0.2, 0) is 10.9 Å². The SMILES string of the molecule is N#Cc1ccc(N2CC([C@H](O)C(F)(F)F)O[C@H]2C(F)(F)F)cc1C(F)(F)F. The average Bonchev–Trinajstić information content (AvgIpc) is 2.97. The molecule has 4 nitrogen and oxygen atoms in total. The number of halogens is 9. The highest BCUT2D eigenvalue weighted by molar-refractivity contribution is 5.56. The lowest BCUT2D eigenvalue weighted by molar-refractivity contribution is -0.258. The van der Waals surface area contributed by atoms with E-state index in [-0.39, 0.29) is 11.0 Å². The third-order valence-corrected chi connectivity index (χ3v) is 3.69. The number of aliphatic hydroxyl groups is 1. The monoisotopic (exact) mass is 408 g/mol. The minimum absolute atomic E-state index is 0.121. The van der Waals surface area contributed by atoms with Crippen molar-refractivity contribution in [1.82, 2.24) is 0 Å². The molecule has 2 rings (SSSR count). The number of hydrogen-bond acceptors (Lipinski definition) is 4. The summed E-state index contributed by atoms with van der Waals surface area (Å²) in [7, 11) is 0. The number of aliphatic hydroxyl groups excluding tert-OH is 1. The molecule has 0 amide bonds. The number of rotatable bonds is 2. The van der Waals surface area contributed by atoms with Gasteiger partial charge in [-0.25, -0.2) is 0 Å². The van der Waals surface area contributed by atoms with Gasteiger partial charge < -0.3 is 14.7 Å². The second-order valence-electron chi connectivity index (χ2n) is 5.55. The molecule has 0 spiro atoms. The fourth-order valence-electron chi connectivity index (χ4n) is 2.49. The van der Waals surface area contributed by atoms with Crippen LogP contribution < -0.4 is 4.90 Å². The Morgan fingerprint density at radius 2 is 1.70 bits per heavy atom. The standard InChI is InChI=1S/C14H9F9N2O2/c15-12(16,17)8-3-7(2-1-6(8)4-24)25-5-9(10(26)13(18,19)20)27-11(25)14(21,22)23/h1-3,9-11,26H,5H2/t9?,10-,11-/m0/s1. The lowest BCUT2D eigenvalue weighted by Crippen LogP contribution is -2.42. The molecule has 3 atom stereocenters. The van der Waals surface area contributed by atoms with Crippen LogP contribution in [0.1, 0.15) is 11.1 Å². The van der Waals surface area contributed by atoms with Crippen LogP contribution in [0.25, 0.3) is 0 Å². The summed E-state index contributed by atoms with van der Waals surface area (Å²) in [6.07, 6.45) is -24.3. The van der Waals surface area contributed by atoms with Crippen molar-refractivity contribution in [1.29, 1.82) is 5.26 Å². The number of nitriles is 1. The van der Waals surface area contributed by atoms with Crippen molar-refractivity contribution < 1.29 is 49.4 Å². The molecule has 0 radical (unpaired) electrons. The van der Waals surface area contributed by atoms with E-state index in [9.17, 15) is 39.5 Å². The zero-order chi connectivity index (χ0) is 20.8. The molecule has 1 N–H and O–H groups in total. The fraction of sp³-hybridized carbons (Fsp3) is 0.500.